The lowest BCUT2D eigenvalue weighted by molar-refractivity contribution is 0.201. The Hall–Kier alpha value is -3.73. The number of nitrogens with one attached hydrogen (secondary N) is 3. The second kappa shape index (κ2) is 11.1. The van der Waals surface area contributed by atoms with Crippen LogP contribution in [0.5, 0.6) is 0 Å². The largest absolute Gasteiger partial charge is 0.322 e. The number of anilines is 1. The Kier molecular flexibility index (Phi) is 8.23. The van der Waals surface area contributed by atoms with Gasteiger partial charge in [-0.25, -0.2) is 18.4 Å². The highest BCUT2D eigenvalue weighted by Crippen LogP contribution is 2.27. The van der Waals surface area contributed by atoms with Gasteiger partial charge in [-0.3, -0.25) is 16.1 Å². The van der Waals surface area contributed by atoms with Crippen LogP contribution >= 0.6 is 0 Å². The molecule has 35 heavy (non-hydrogen) atoms. The van der Waals surface area contributed by atoms with E-state index in [0.29, 0.717) is 35.5 Å². The molecule has 0 saturated carbocycles. The Labute approximate surface area is 205 Å². The van der Waals surface area contributed by atoms with Gasteiger partial charge in [-0.15, -0.1) is 0 Å². The zero-order chi connectivity index (χ0) is 25.6. The third-order valence-corrected chi connectivity index (χ3v) is 6.18. The summed E-state index contributed by atoms with van der Waals surface area (Å²) in [7, 11) is -3.88. The van der Waals surface area contributed by atoms with E-state index in [4.69, 9.17) is 15.8 Å². The number of nitrogens with zero attached hydrogens (tertiary/aromatic N) is 1. The summed E-state index contributed by atoms with van der Waals surface area (Å²) < 4.78 is 23.8. The first kappa shape index (κ1) is 25.9. The van der Waals surface area contributed by atoms with Gasteiger partial charge >= 0.3 is 6.03 Å². The number of primary sulfonamides is 1. The first-order valence-electron chi connectivity index (χ1n) is 10.9. The van der Waals surface area contributed by atoms with E-state index in [1.165, 1.54) is 6.07 Å². The fourth-order valence-electron chi connectivity index (χ4n) is 3.66. The number of sulfonamides is 1. The van der Waals surface area contributed by atoms with E-state index in [1.807, 2.05) is 25.4 Å². The number of amides is 2. The molecule has 0 unspecified atom stereocenters. The molecule has 10 heteroatoms. The molecule has 0 atom stereocenters. The van der Waals surface area contributed by atoms with Gasteiger partial charge in [0.15, 0.2) is 0 Å². The smallest absolute Gasteiger partial charge is 0.320 e. The van der Waals surface area contributed by atoms with E-state index < -0.39 is 10.0 Å². The lowest BCUT2D eigenvalue weighted by atomic mass is 10.1. The quantitative estimate of drug-likeness (QED) is 0.182. The van der Waals surface area contributed by atoms with E-state index in [2.05, 4.69) is 5.32 Å². The van der Waals surface area contributed by atoms with Gasteiger partial charge in [-0.05, 0) is 41.3 Å². The monoisotopic (exact) mass is 495 g/mol. The third-order valence-electron chi connectivity index (χ3n) is 5.21. The summed E-state index contributed by atoms with van der Waals surface area (Å²) in [5.74, 6) is 0.0919. The zero-order valence-corrected chi connectivity index (χ0v) is 20.3. The number of carbonyl (C=O) groups is 1. The Morgan fingerprint density at radius 2 is 1.74 bits per heavy atom. The molecule has 0 aromatic heterocycles. The first-order chi connectivity index (χ1) is 16.6. The van der Waals surface area contributed by atoms with Crippen LogP contribution in [0.3, 0.4) is 0 Å². The SMILES string of the molecule is CC(C)CN(Cc1cccc(C(=N)NO)c1)C(=O)Nc1ccc(-c2ccccc2S(N)(=O)=O)cc1. The summed E-state index contributed by atoms with van der Waals surface area (Å²) in [5, 5.41) is 25.0. The molecule has 0 spiro atoms. The lowest BCUT2D eigenvalue weighted by Gasteiger charge is -2.25. The molecule has 0 heterocycles. The van der Waals surface area contributed by atoms with Gasteiger partial charge in [0.05, 0.1) is 4.90 Å². The van der Waals surface area contributed by atoms with E-state index in [-0.39, 0.29) is 22.7 Å². The van der Waals surface area contributed by atoms with E-state index >= 15 is 0 Å². The van der Waals surface area contributed by atoms with Gasteiger partial charge in [-0.1, -0.05) is 62.4 Å². The topological polar surface area (TPSA) is 149 Å². The van der Waals surface area contributed by atoms with Crippen LogP contribution in [0.2, 0.25) is 0 Å². The van der Waals surface area contributed by atoms with Crippen LogP contribution in [0.4, 0.5) is 10.5 Å². The molecule has 184 valence electrons. The average molecular weight is 496 g/mol. The highest BCUT2D eigenvalue weighted by molar-refractivity contribution is 7.89. The van der Waals surface area contributed by atoms with Crippen molar-refractivity contribution >= 4 is 27.6 Å². The molecule has 6 N–H and O–H groups in total. The number of rotatable bonds is 8. The van der Waals surface area contributed by atoms with Crippen LogP contribution in [-0.2, 0) is 16.6 Å². The predicted octanol–water partition coefficient (Wildman–Crippen LogP) is 4.00. The first-order valence-corrected chi connectivity index (χ1v) is 12.5. The van der Waals surface area contributed by atoms with Crippen molar-refractivity contribution < 1.29 is 18.4 Å². The van der Waals surface area contributed by atoms with Crippen molar-refractivity contribution in [3.8, 4) is 11.1 Å². The Balaban J connectivity index is 1.78. The summed E-state index contributed by atoms with van der Waals surface area (Å²) in [5.41, 5.74) is 4.84. The average Bonchev–Trinajstić information content (AvgIpc) is 2.83. The van der Waals surface area contributed by atoms with Crippen molar-refractivity contribution in [2.45, 2.75) is 25.3 Å². The van der Waals surface area contributed by atoms with E-state index in [1.54, 1.807) is 65.6 Å². The molecule has 0 saturated heterocycles. The van der Waals surface area contributed by atoms with Crippen molar-refractivity contribution in [2.75, 3.05) is 11.9 Å². The van der Waals surface area contributed by atoms with Gasteiger partial charge in [0.1, 0.15) is 5.84 Å². The molecule has 3 rings (SSSR count). The highest BCUT2D eigenvalue weighted by atomic mass is 32.2. The maximum Gasteiger partial charge on any atom is 0.322 e. The molecule has 0 radical (unpaired) electrons. The highest BCUT2D eigenvalue weighted by Gasteiger charge is 2.18. The van der Waals surface area contributed by atoms with Crippen molar-refractivity contribution in [1.29, 1.82) is 5.41 Å². The lowest BCUT2D eigenvalue weighted by Crippen LogP contribution is -2.37. The minimum atomic E-state index is -3.88. The van der Waals surface area contributed by atoms with Crippen LogP contribution in [0, 0.1) is 11.3 Å². The zero-order valence-electron chi connectivity index (χ0n) is 19.5. The molecule has 0 bridgehead atoms. The van der Waals surface area contributed by atoms with E-state index in [0.717, 1.165) is 5.56 Å². The number of amidine groups is 1. The number of hydroxylamine groups is 1. The number of hydrogen-bond donors (Lipinski definition) is 5. The molecule has 3 aromatic carbocycles. The summed E-state index contributed by atoms with van der Waals surface area (Å²) in [6.45, 7) is 4.85. The minimum absolute atomic E-state index is 0.0339. The van der Waals surface area contributed by atoms with Crippen molar-refractivity contribution in [3.05, 3.63) is 83.9 Å². The fourth-order valence-corrected chi connectivity index (χ4v) is 4.42. The van der Waals surface area contributed by atoms with Crippen LogP contribution in [0.25, 0.3) is 11.1 Å². The third kappa shape index (κ3) is 6.89. The molecule has 9 nitrogen and oxygen atoms in total. The Morgan fingerprint density at radius 3 is 2.37 bits per heavy atom. The van der Waals surface area contributed by atoms with Crippen LogP contribution in [0.1, 0.15) is 25.0 Å². The van der Waals surface area contributed by atoms with Crippen LogP contribution in [0.15, 0.2) is 77.7 Å². The van der Waals surface area contributed by atoms with Crippen LogP contribution in [-0.4, -0.2) is 36.9 Å². The van der Waals surface area contributed by atoms with Gasteiger partial charge < -0.3 is 10.2 Å². The standard InChI is InChI=1S/C25H29N5O4S/c1-17(2)15-30(16-18-6-5-7-20(14-18)24(26)29-32)25(31)28-21-12-10-19(11-13-21)22-8-3-4-9-23(22)35(27,33)34/h3-14,17,32H,15-16H2,1-2H3,(H2,26,29)(H,28,31)(H2,27,33,34). The molecular weight excluding hydrogens is 466 g/mol. The van der Waals surface area contributed by atoms with Gasteiger partial charge in [-0.2, -0.15) is 0 Å². The maximum absolute atomic E-state index is 13.1. The molecule has 0 aliphatic rings. The van der Waals surface area contributed by atoms with Crippen molar-refractivity contribution in [2.24, 2.45) is 11.1 Å². The van der Waals surface area contributed by atoms with E-state index in [9.17, 15) is 13.2 Å². The Morgan fingerprint density at radius 1 is 1.06 bits per heavy atom. The number of urea groups is 1. The van der Waals surface area contributed by atoms with Gasteiger partial charge in [0.25, 0.3) is 0 Å². The summed E-state index contributed by atoms with van der Waals surface area (Å²) in [4.78, 5) is 14.8. The second-order valence-electron chi connectivity index (χ2n) is 8.51. The maximum atomic E-state index is 13.1. The van der Waals surface area contributed by atoms with Crippen molar-refractivity contribution in [1.82, 2.24) is 10.4 Å². The predicted molar refractivity (Wildman–Crippen MR) is 136 cm³/mol. The molecule has 0 aliphatic carbocycles. The normalized spacial score (nSPS) is 11.2. The Bertz CT molecular complexity index is 1310. The van der Waals surface area contributed by atoms with Crippen molar-refractivity contribution in [3.63, 3.8) is 0 Å². The second-order valence-corrected chi connectivity index (χ2v) is 10.0. The summed E-state index contributed by atoms with van der Waals surface area (Å²) in [6, 6.07) is 20.1. The van der Waals surface area contributed by atoms with Gasteiger partial charge in [0.2, 0.25) is 10.0 Å². The number of nitrogens with two attached hydrogens (primary N) is 1. The summed E-state index contributed by atoms with van der Waals surface area (Å²) in [6.07, 6.45) is 0. The minimum Gasteiger partial charge on any atom is -0.320 e. The molecular formula is C25H29N5O4S. The number of benzene rings is 3. The van der Waals surface area contributed by atoms with Crippen LogP contribution < -0.4 is 15.9 Å². The fraction of sp³-hybridized carbons (Fsp3) is 0.200. The number of hydrogen-bond acceptors (Lipinski definition) is 5. The number of carbonyl (C=O) groups excluding carboxylic acids is 1. The summed E-state index contributed by atoms with van der Waals surface area (Å²) >= 11 is 0. The molecule has 0 fully saturated rings. The van der Waals surface area contributed by atoms with Gasteiger partial charge in [0, 0.05) is 29.9 Å². The molecule has 3 aromatic rings. The molecule has 0 aliphatic heterocycles. The molecule has 2 amide bonds.